The van der Waals surface area contributed by atoms with Crippen molar-refractivity contribution in [2.75, 3.05) is 13.1 Å². The zero-order valence-corrected chi connectivity index (χ0v) is 15.0. The van der Waals surface area contributed by atoms with Gasteiger partial charge in [-0.3, -0.25) is 9.59 Å². The van der Waals surface area contributed by atoms with E-state index in [2.05, 4.69) is 24.8 Å². The molecule has 2 amide bonds. The van der Waals surface area contributed by atoms with Crippen LogP contribution in [0.25, 0.3) is 0 Å². The van der Waals surface area contributed by atoms with E-state index in [4.69, 9.17) is 0 Å². The summed E-state index contributed by atoms with van der Waals surface area (Å²) >= 11 is 0. The van der Waals surface area contributed by atoms with Gasteiger partial charge in [-0.05, 0) is 49.3 Å². The van der Waals surface area contributed by atoms with Gasteiger partial charge in [0.25, 0.3) is 5.91 Å². The van der Waals surface area contributed by atoms with Gasteiger partial charge in [-0.2, -0.15) is 0 Å². The number of carbonyl (C=O) groups is 2. The van der Waals surface area contributed by atoms with Gasteiger partial charge in [0, 0.05) is 37.7 Å². The molecule has 130 valence electrons. The van der Waals surface area contributed by atoms with Gasteiger partial charge in [-0.1, -0.05) is 26.0 Å². The standard InChI is InChI=1S/C20H28N2O2/c1-14(2)16-5-4-6-17(13-16)20(24)22(18-7-8-18)19-9-11-21(12-10-19)15(3)23/h4-6,13-14,18-19H,7-12H2,1-3H3. The summed E-state index contributed by atoms with van der Waals surface area (Å²) < 4.78 is 0. The minimum absolute atomic E-state index is 0.141. The zero-order chi connectivity index (χ0) is 17.3. The number of likely N-dealkylation sites (tertiary alicyclic amines) is 1. The van der Waals surface area contributed by atoms with Gasteiger partial charge in [0.1, 0.15) is 0 Å². The van der Waals surface area contributed by atoms with Crippen LogP contribution in [0.2, 0.25) is 0 Å². The van der Waals surface area contributed by atoms with Crippen LogP contribution in [-0.4, -0.2) is 46.8 Å². The van der Waals surface area contributed by atoms with E-state index in [9.17, 15) is 9.59 Å². The predicted molar refractivity (Wildman–Crippen MR) is 95.0 cm³/mol. The Morgan fingerprint density at radius 3 is 2.25 bits per heavy atom. The molecular formula is C20H28N2O2. The predicted octanol–water partition coefficient (Wildman–Crippen LogP) is 3.43. The Labute approximate surface area is 144 Å². The van der Waals surface area contributed by atoms with Crippen LogP contribution in [0.15, 0.2) is 24.3 Å². The number of nitrogens with zero attached hydrogens (tertiary/aromatic N) is 2. The van der Waals surface area contributed by atoms with E-state index in [0.717, 1.165) is 44.3 Å². The van der Waals surface area contributed by atoms with Crippen LogP contribution in [0.3, 0.4) is 0 Å². The quantitative estimate of drug-likeness (QED) is 0.849. The van der Waals surface area contributed by atoms with Crippen molar-refractivity contribution in [1.82, 2.24) is 9.80 Å². The Morgan fingerprint density at radius 1 is 1.08 bits per heavy atom. The number of piperidine rings is 1. The van der Waals surface area contributed by atoms with Crippen molar-refractivity contribution >= 4 is 11.8 Å². The molecule has 2 aliphatic rings. The summed E-state index contributed by atoms with van der Waals surface area (Å²) in [4.78, 5) is 28.7. The second-order valence-corrected chi connectivity index (χ2v) is 7.46. The molecule has 4 nitrogen and oxygen atoms in total. The van der Waals surface area contributed by atoms with Gasteiger partial charge in [0.15, 0.2) is 0 Å². The molecule has 1 aromatic carbocycles. The van der Waals surface area contributed by atoms with Crippen molar-refractivity contribution in [1.29, 1.82) is 0 Å². The number of amides is 2. The molecule has 0 aromatic heterocycles. The third-order valence-electron chi connectivity index (χ3n) is 5.28. The molecule has 1 saturated heterocycles. The second kappa shape index (κ2) is 6.96. The second-order valence-electron chi connectivity index (χ2n) is 7.46. The van der Waals surface area contributed by atoms with Crippen molar-refractivity contribution in [2.45, 2.75) is 64.5 Å². The number of rotatable bonds is 4. The van der Waals surface area contributed by atoms with Gasteiger partial charge in [-0.25, -0.2) is 0 Å². The molecule has 0 atom stereocenters. The fourth-order valence-corrected chi connectivity index (χ4v) is 3.62. The number of hydrogen-bond acceptors (Lipinski definition) is 2. The molecule has 1 heterocycles. The summed E-state index contributed by atoms with van der Waals surface area (Å²) in [6, 6.07) is 8.74. The number of carbonyl (C=O) groups excluding carboxylic acids is 2. The zero-order valence-electron chi connectivity index (χ0n) is 15.0. The fourth-order valence-electron chi connectivity index (χ4n) is 3.62. The van der Waals surface area contributed by atoms with E-state index in [-0.39, 0.29) is 17.9 Å². The molecule has 4 heteroatoms. The first-order valence-electron chi connectivity index (χ1n) is 9.15. The smallest absolute Gasteiger partial charge is 0.254 e. The lowest BCUT2D eigenvalue weighted by Crippen LogP contribution is -2.49. The Bertz CT molecular complexity index is 614. The van der Waals surface area contributed by atoms with Crippen molar-refractivity contribution in [3.8, 4) is 0 Å². The highest BCUT2D eigenvalue weighted by Gasteiger charge is 2.39. The van der Waals surface area contributed by atoms with Crippen LogP contribution in [-0.2, 0) is 4.79 Å². The molecule has 24 heavy (non-hydrogen) atoms. The average Bonchev–Trinajstić information content (AvgIpc) is 3.40. The summed E-state index contributed by atoms with van der Waals surface area (Å²) in [7, 11) is 0. The maximum absolute atomic E-state index is 13.2. The SMILES string of the molecule is CC(=O)N1CCC(N(C(=O)c2cccc(C(C)C)c2)C2CC2)CC1. The van der Waals surface area contributed by atoms with Crippen LogP contribution >= 0.6 is 0 Å². The molecule has 1 aliphatic heterocycles. The van der Waals surface area contributed by atoms with Crippen LogP contribution in [0.5, 0.6) is 0 Å². The number of benzene rings is 1. The Balaban J connectivity index is 1.75. The molecule has 3 rings (SSSR count). The first-order chi connectivity index (χ1) is 11.5. The Kier molecular flexibility index (Phi) is 4.93. The fraction of sp³-hybridized carbons (Fsp3) is 0.600. The summed E-state index contributed by atoms with van der Waals surface area (Å²) in [6.07, 6.45) is 4.02. The summed E-state index contributed by atoms with van der Waals surface area (Å²) in [6.45, 7) is 7.46. The molecule has 1 aromatic rings. The molecule has 0 spiro atoms. The van der Waals surface area contributed by atoms with Crippen molar-refractivity contribution in [3.63, 3.8) is 0 Å². The molecule has 0 N–H and O–H groups in total. The summed E-state index contributed by atoms with van der Waals surface area (Å²) in [5.74, 6) is 0.731. The molecule has 0 bridgehead atoms. The first-order valence-corrected chi connectivity index (χ1v) is 9.15. The van der Waals surface area contributed by atoms with Gasteiger partial charge in [0.05, 0.1) is 0 Å². The maximum atomic E-state index is 13.2. The topological polar surface area (TPSA) is 40.6 Å². The highest BCUT2D eigenvalue weighted by atomic mass is 16.2. The number of hydrogen-bond donors (Lipinski definition) is 0. The summed E-state index contributed by atoms with van der Waals surface area (Å²) in [5, 5.41) is 0. The average molecular weight is 328 g/mol. The summed E-state index contributed by atoms with van der Waals surface area (Å²) in [5.41, 5.74) is 2.02. The molecule has 1 aliphatic carbocycles. The van der Waals surface area contributed by atoms with Gasteiger partial charge >= 0.3 is 0 Å². The minimum atomic E-state index is 0.141. The van der Waals surface area contributed by atoms with Crippen molar-refractivity contribution in [3.05, 3.63) is 35.4 Å². The van der Waals surface area contributed by atoms with Crippen LogP contribution < -0.4 is 0 Å². The monoisotopic (exact) mass is 328 g/mol. The Hall–Kier alpha value is -1.84. The molecule has 1 saturated carbocycles. The van der Waals surface area contributed by atoms with E-state index >= 15 is 0 Å². The van der Waals surface area contributed by atoms with Gasteiger partial charge in [0.2, 0.25) is 5.91 Å². The molecule has 0 unspecified atom stereocenters. The van der Waals surface area contributed by atoms with Crippen LogP contribution in [0.4, 0.5) is 0 Å². The van der Waals surface area contributed by atoms with Gasteiger partial charge in [-0.15, -0.1) is 0 Å². The van der Waals surface area contributed by atoms with E-state index in [1.165, 1.54) is 5.56 Å². The lowest BCUT2D eigenvalue weighted by Gasteiger charge is -2.38. The third-order valence-corrected chi connectivity index (χ3v) is 5.28. The molecule has 2 fully saturated rings. The van der Waals surface area contributed by atoms with E-state index in [1.54, 1.807) is 6.92 Å². The van der Waals surface area contributed by atoms with Crippen LogP contribution in [0, 0.1) is 0 Å². The van der Waals surface area contributed by atoms with Crippen molar-refractivity contribution < 1.29 is 9.59 Å². The third kappa shape index (κ3) is 3.63. The molecular weight excluding hydrogens is 300 g/mol. The largest absolute Gasteiger partial charge is 0.343 e. The van der Waals surface area contributed by atoms with Crippen LogP contribution in [0.1, 0.15) is 68.3 Å². The van der Waals surface area contributed by atoms with E-state index in [0.29, 0.717) is 12.0 Å². The normalized spacial score (nSPS) is 18.8. The minimum Gasteiger partial charge on any atom is -0.343 e. The van der Waals surface area contributed by atoms with Crippen molar-refractivity contribution in [2.24, 2.45) is 0 Å². The lowest BCUT2D eigenvalue weighted by atomic mass is 9.98. The van der Waals surface area contributed by atoms with Gasteiger partial charge < -0.3 is 9.80 Å². The molecule has 0 radical (unpaired) electrons. The lowest BCUT2D eigenvalue weighted by molar-refractivity contribution is -0.130. The first kappa shape index (κ1) is 17.0. The maximum Gasteiger partial charge on any atom is 0.254 e. The van der Waals surface area contributed by atoms with E-state index < -0.39 is 0 Å². The highest BCUT2D eigenvalue weighted by Crippen LogP contribution is 2.33. The highest BCUT2D eigenvalue weighted by molar-refractivity contribution is 5.95. The Morgan fingerprint density at radius 2 is 1.71 bits per heavy atom. The van der Waals surface area contributed by atoms with E-state index in [1.807, 2.05) is 23.1 Å².